The van der Waals surface area contributed by atoms with Gasteiger partial charge in [-0.2, -0.15) is 0 Å². The van der Waals surface area contributed by atoms with Gasteiger partial charge in [-0.3, -0.25) is 0 Å². The maximum absolute atomic E-state index is 2.71. The summed E-state index contributed by atoms with van der Waals surface area (Å²) < 4.78 is 0. The van der Waals surface area contributed by atoms with E-state index in [-0.39, 0.29) is 5.41 Å². The smallest absolute Gasteiger partial charge is 0.00964 e. The summed E-state index contributed by atoms with van der Waals surface area (Å²) in [5, 5.41) is 0. The van der Waals surface area contributed by atoms with Crippen LogP contribution >= 0.6 is 0 Å². The molecular weight excluding hydrogens is 242 g/mol. The molecule has 0 unspecified atom stereocenters. The molecule has 1 aromatic carbocycles. The molecule has 1 saturated heterocycles. The van der Waals surface area contributed by atoms with Gasteiger partial charge in [-0.1, -0.05) is 52.0 Å². The van der Waals surface area contributed by atoms with Crippen LogP contribution in [-0.4, -0.2) is 24.0 Å². The molecule has 1 nitrogen and oxygen atoms in total. The Morgan fingerprint density at radius 3 is 2.00 bits per heavy atom. The van der Waals surface area contributed by atoms with Gasteiger partial charge in [0.1, 0.15) is 0 Å². The third kappa shape index (κ3) is 2.79. The lowest BCUT2D eigenvalue weighted by molar-refractivity contribution is 0.161. The highest BCUT2D eigenvalue weighted by Gasteiger charge is 2.37. The van der Waals surface area contributed by atoms with Gasteiger partial charge in [-0.05, 0) is 60.7 Å². The van der Waals surface area contributed by atoms with Crippen molar-refractivity contribution in [2.75, 3.05) is 13.1 Å². The Bertz CT molecular complexity index is 454. The third-order valence-corrected chi connectivity index (χ3v) is 5.41. The second-order valence-electron chi connectivity index (χ2n) is 8.16. The van der Waals surface area contributed by atoms with Crippen LogP contribution in [0.25, 0.3) is 0 Å². The van der Waals surface area contributed by atoms with Gasteiger partial charge < -0.3 is 4.90 Å². The predicted octanol–water partition coefficient (Wildman–Crippen LogP) is 4.50. The van der Waals surface area contributed by atoms with E-state index in [1.54, 1.807) is 5.56 Å². The number of benzene rings is 1. The fourth-order valence-corrected chi connectivity index (χ4v) is 3.48. The van der Waals surface area contributed by atoms with Gasteiger partial charge in [0.05, 0.1) is 0 Å². The lowest BCUT2D eigenvalue weighted by Crippen LogP contribution is -2.41. The number of hydrogen-bond acceptors (Lipinski definition) is 1. The second kappa shape index (κ2) is 4.87. The number of hydrogen-bond donors (Lipinski definition) is 0. The lowest BCUT2D eigenvalue weighted by atomic mass is 9.73. The molecule has 0 aromatic heterocycles. The summed E-state index contributed by atoms with van der Waals surface area (Å²) in [7, 11) is 0. The number of nitrogens with zero attached hydrogens (tertiary/aromatic N) is 1. The van der Waals surface area contributed by atoms with E-state index in [0.29, 0.717) is 5.41 Å². The van der Waals surface area contributed by atoms with Gasteiger partial charge in [0.25, 0.3) is 0 Å². The zero-order chi connectivity index (χ0) is 14.4. The predicted molar refractivity (Wildman–Crippen MR) is 86.3 cm³/mol. The molecule has 0 amide bonds. The molecule has 0 N–H and O–H groups in total. The molecule has 110 valence electrons. The molecule has 3 rings (SSSR count). The highest BCUT2D eigenvalue weighted by atomic mass is 15.2. The molecule has 1 aromatic rings. The zero-order valence-corrected chi connectivity index (χ0v) is 13.6. The van der Waals surface area contributed by atoms with E-state index >= 15 is 0 Å². The van der Waals surface area contributed by atoms with Crippen LogP contribution in [0, 0.1) is 0 Å². The lowest BCUT2D eigenvalue weighted by Gasteiger charge is -2.40. The molecule has 0 atom stereocenters. The minimum Gasteiger partial charge on any atom is -0.300 e. The molecule has 1 heteroatoms. The van der Waals surface area contributed by atoms with Gasteiger partial charge in [0.15, 0.2) is 0 Å². The van der Waals surface area contributed by atoms with Gasteiger partial charge in [0, 0.05) is 6.04 Å². The topological polar surface area (TPSA) is 3.24 Å². The highest BCUT2D eigenvalue weighted by Crippen LogP contribution is 2.39. The van der Waals surface area contributed by atoms with E-state index in [9.17, 15) is 0 Å². The summed E-state index contributed by atoms with van der Waals surface area (Å²) in [4.78, 5) is 2.71. The molecule has 0 bridgehead atoms. The van der Waals surface area contributed by atoms with Gasteiger partial charge in [-0.25, -0.2) is 0 Å². The van der Waals surface area contributed by atoms with Crippen molar-refractivity contribution in [3.8, 4) is 0 Å². The van der Waals surface area contributed by atoms with Crippen LogP contribution in [0.4, 0.5) is 0 Å². The average molecular weight is 271 g/mol. The van der Waals surface area contributed by atoms with Crippen LogP contribution in [0.2, 0.25) is 0 Å². The normalized spacial score (nSPS) is 23.8. The molecule has 1 saturated carbocycles. The summed E-state index contributed by atoms with van der Waals surface area (Å²) in [6.45, 7) is 11.9. The Hall–Kier alpha value is -0.820. The molecule has 1 aliphatic heterocycles. The first-order valence-electron chi connectivity index (χ1n) is 8.24. The summed E-state index contributed by atoms with van der Waals surface area (Å²) in [6.07, 6.45) is 5.52. The number of piperidine rings is 1. The van der Waals surface area contributed by atoms with E-state index in [1.807, 2.05) is 0 Å². The molecular formula is C19H29N. The fourth-order valence-electron chi connectivity index (χ4n) is 3.48. The van der Waals surface area contributed by atoms with Crippen molar-refractivity contribution in [3.05, 3.63) is 35.4 Å². The Kier molecular flexibility index (Phi) is 3.44. The van der Waals surface area contributed by atoms with Crippen molar-refractivity contribution in [3.63, 3.8) is 0 Å². The molecule has 1 aliphatic carbocycles. The van der Waals surface area contributed by atoms with E-state index in [4.69, 9.17) is 0 Å². The van der Waals surface area contributed by atoms with Gasteiger partial charge in [0.2, 0.25) is 0 Å². The van der Waals surface area contributed by atoms with E-state index in [0.717, 1.165) is 6.04 Å². The molecule has 2 fully saturated rings. The molecule has 0 spiro atoms. The van der Waals surface area contributed by atoms with E-state index in [2.05, 4.69) is 56.9 Å². The van der Waals surface area contributed by atoms with Gasteiger partial charge in [-0.15, -0.1) is 0 Å². The Balaban J connectivity index is 1.71. The Morgan fingerprint density at radius 1 is 1.00 bits per heavy atom. The second-order valence-corrected chi connectivity index (χ2v) is 8.16. The summed E-state index contributed by atoms with van der Waals surface area (Å²) in [6, 6.07) is 10.4. The standard InChI is InChI=1S/C19H29N/c1-18(2,3)15-5-7-16(8-6-15)19(4)11-13-20(14-12-19)17-9-10-17/h5-8,17H,9-14H2,1-4H3. The average Bonchev–Trinajstić information content (AvgIpc) is 3.23. The molecule has 0 radical (unpaired) electrons. The summed E-state index contributed by atoms with van der Waals surface area (Å²) >= 11 is 0. The zero-order valence-electron chi connectivity index (χ0n) is 13.6. The Labute approximate surface area is 124 Å². The van der Waals surface area contributed by atoms with Crippen molar-refractivity contribution in [1.29, 1.82) is 0 Å². The monoisotopic (exact) mass is 271 g/mol. The first-order valence-corrected chi connectivity index (χ1v) is 8.24. The SMILES string of the molecule is CC(C)(C)c1ccc(C2(C)CCN(C3CC3)CC2)cc1. The van der Waals surface area contributed by atoms with Crippen LogP contribution in [0.3, 0.4) is 0 Å². The summed E-state index contributed by atoms with van der Waals surface area (Å²) in [5.41, 5.74) is 3.64. The molecule has 20 heavy (non-hydrogen) atoms. The number of likely N-dealkylation sites (tertiary alicyclic amines) is 1. The molecule has 2 aliphatic rings. The van der Waals surface area contributed by atoms with Gasteiger partial charge >= 0.3 is 0 Å². The van der Waals surface area contributed by atoms with Crippen LogP contribution in [0.15, 0.2) is 24.3 Å². The first kappa shape index (κ1) is 14.1. The van der Waals surface area contributed by atoms with Crippen LogP contribution in [-0.2, 0) is 10.8 Å². The van der Waals surface area contributed by atoms with Crippen molar-refractivity contribution in [2.24, 2.45) is 0 Å². The van der Waals surface area contributed by atoms with E-state index < -0.39 is 0 Å². The third-order valence-electron chi connectivity index (χ3n) is 5.41. The molecule has 1 heterocycles. The summed E-state index contributed by atoms with van der Waals surface area (Å²) in [5.74, 6) is 0. The number of rotatable bonds is 2. The fraction of sp³-hybridized carbons (Fsp3) is 0.684. The minimum absolute atomic E-state index is 0.259. The maximum Gasteiger partial charge on any atom is 0.00964 e. The van der Waals surface area contributed by atoms with Crippen LogP contribution in [0.5, 0.6) is 0 Å². The van der Waals surface area contributed by atoms with Crippen LogP contribution in [0.1, 0.15) is 64.5 Å². The Morgan fingerprint density at radius 2 is 1.55 bits per heavy atom. The van der Waals surface area contributed by atoms with E-state index in [1.165, 1.54) is 44.3 Å². The van der Waals surface area contributed by atoms with Crippen molar-refractivity contribution < 1.29 is 0 Å². The van der Waals surface area contributed by atoms with Crippen molar-refractivity contribution >= 4 is 0 Å². The minimum atomic E-state index is 0.259. The highest BCUT2D eigenvalue weighted by molar-refractivity contribution is 5.32. The van der Waals surface area contributed by atoms with Crippen LogP contribution < -0.4 is 0 Å². The van der Waals surface area contributed by atoms with Crippen molar-refractivity contribution in [2.45, 2.75) is 70.3 Å². The first-order chi connectivity index (χ1) is 9.38. The largest absolute Gasteiger partial charge is 0.300 e. The quantitative estimate of drug-likeness (QED) is 0.765. The maximum atomic E-state index is 2.71. The van der Waals surface area contributed by atoms with Crippen molar-refractivity contribution in [1.82, 2.24) is 4.90 Å².